The summed E-state index contributed by atoms with van der Waals surface area (Å²) in [6, 6.07) is 0. The predicted molar refractivity (Wildman–Crippen MR) is 72.5 cm³/mol. The van der Waals surface area contributed by atoms with Crippen molar-refractivity contribution in [1.82, 2.24) is 4.90 Å². The summed E-state index contributed by atoms with van der Waals surface area (Å²) in [6.45, 7) is 7.53. The zero-order valence-electron chi connectivity index (χ0n) is 12.0. The van der Waals surface area contributed by atoms with Crippen molar-refractivity contribution in [2.24, 2.45) is 17.8 Å². The molecule has 0 N–H and O–H groups in total. The van der Waals surface area contributed by atoms with Crippen LogP contribution in [0.15, 0.2) is 0 Å². The Bertz CT molecular complexity index is 292. The highest BCUT2D eigenvalue weighted by atomic mass is 16.5. The van der Waals surface area contributed by atoms with Crippen molar-refractivity contribution < 1.29 is 9.53 Å². The summed E-state index contributed by atoms with van der Waals surface area (Å²) < 4.78 is 5.45. The van der Waals surface area contributed by atoms with Crippen LogP contribution >= 0.6 is 0 Å². The molecule has 0 aromatic heterocycles. The molecular weight excluding hydrogens is 226 g/mol. The highest BCUT2D eigenvalue weighted by Gasteiger charge is 2.34. The number of hydrogen-bond donors (Lipinski definition) is 0. The molecule has 1 heterocycles. The molecule has 4 unspecified atom stereocenters. The van der Waals surface area contributed by atoms with E-state index >= 15 is 0 Å². The fourth-order valence-corrected chi connectivity index (χ4v) is 3.63. The Balaban J connectivity index is 1.89. The van der Waals surface area contributed by atoms with Gasteiger partial charge in [0.1, 0.15) is 5.78 Å². The van der Waals surface area contributed by atoms with Crippen molar-refractivity contribution in [3.63, 3.8) is 0 Å². The van der Waals surface area contributed by atoms with Crippen LogP contribution in [0.25, 0.3) is 0 Å². The molecule has 0 bridgehead atoms. The summed E-state index contributed by atoms with van der Waals surface area (Å²) in [4.78, 5) is 14.6. The summed E-state index contributed by atoms with van der Waals surface area (Å²) in [7, 11) is 1.80. The van der Waals surface area contributed by atoms with Crippen molar-refractivity contribution in [3.8, 4) is 0 Å². The first-order valence-corrected chi connectivity index (χ1v) is 7.38. The van der Waals surface area contributed by atoms with Crippen LogP contribution in [0.4, 0.5) is 0 Å². The predicted octanol–water partition coefficient (Wildman–Crippen LogP) is 2.35. The van der Waals surface area contributed by atoms with Gasteiger partial charge in [-0.3, -0.25) is 4.79 Å². The first-order valence-electron chi connectivity index (χ1n) is 7.38. The van der Waals surface area contributed by atoms with Crippen molar-refractivity contribution in [2.45, 2.75) is 45.6 Å². The second-order valence-electron chi connectivity index (χ2n) is 6.35. The van der Waals surface area contributed by atoms with E-state index in [1.54, 1.807) is 7.11 Å². The number of methoxy groups -OCH3 is 1. The standard InChI is InChI=1S/C15H27NO2/c1-11-7-12(2)14(15(17)8-11)10-16-6-4-5-13(9-16)18-3/h11-14H,4-10H2,1-3H3. The van der Waals surface area contributed by atoms with E-state index in [1.165, 1.54) is 12.8 Å². The minimum Gasteiger partial charge on any atom is -0.380 e. The van der Waals surface area contributed by atoms with Gasteiger partial charge >= 0.3 is 0 Å². The topological polar surface area (TPSA) is 29.5 Å². The molecule has 1 saturated heterocycles. The van der Waals surface area contributed by atoms with Crippen molar-refractivity contribution in [2.75, 3.05) is 26.7 Å². The zero-order chi connectivity index (χ0) is 13.1. The highest BCUT2D eigenvalue weighted by molar-refractivity contribution is 5.82. The number of ketones is 1. The summed E-state index contributed by atoms with van der Waals surface area (Å²) in [5.74, 6) is 1.87. The smallest absolute Gasteiger partial charge is 0.137 e. The van der Waals surface area contributed by atoms with Gasteiger partial charge in [-0.2, -0.15) is 0 Å². The Morgan fingerprint density at radius 1 is 1.39 bits per heavy atom. The molecule has 0 spiro atoms. The molecule has 3 nitrogen and oxygen atoms in total. The van der Waals surface area contributed by atoms with E-state index in [1.807, 2.05) is 0 Å². The summed E-state index contributed by atoms with van der Waals surface area (Å²) in [6.07, 6.45) is 4.73. The molecule has 2 aliphatic rings. The van der Waals surface area contributed by atoms with E-state index < -0.39 is 0 Å². The molecule has 2 fully saturated rings. The van der Waals surface area contributed by atoms with Gasteiger partial charge in [0.2, 0.25) is 0 Å². The Morgan fingerprint density at radius 2 is 2.17 bits per heavy atom. The van der Waals surface area contributed by atoms with Crippen LogP contribution in [-0.2, 0) is 9.53 Å². The molecule has 0 aromatic carbocycles. The second kappa shape index (κ2) is 6.16. The second-order valence-corrected chi connectivity index (χ2v) is 6.35. The van der Waals surface area contributed by atoms with Crippen LogP contribution in [0.3, 0.4) is 0 Å². The zero-order valence-corrected chi connectivity index (χ0v) is 12.0. The van der Waals surface area contributed by atoms with E-state index in [0.717, 1.165) is 32.5 Å². The number of carbonyl (C=O) groups is 1. The summed E-state index contributed by atoms with van der Waals surface area (Å²) in [5, 5.41) is 0. The van der Waals surface area contributed by atoms with E-state index in [0.29, 0.717) is 23.7 Å². The Kier molecular flexibility index (Phi) is 4.79. The van der Waals surface area contributed by atoms with E-state index in [4.69, 9.17) is 4.74 Å². The molecule has 104 valence electrons. The van der Waals surface area contributed by atoms with Gasteiger partial charge < -0.3 is 9.64 Å². The number of nitrogens with zero attached hydrogens (tertiary/aromatic N) is 1. The van der Waals surface area contributed by atoms with E-state index in [-0.39, 0.29) is 5.92 Å². The van der Waals surface area contributed by atoms with Crippen LogP contribution in [-0.4, -0.2) is 43.5 Å². The van der Waals surface area contributed by atoms with Crippen LogP contribution < -0.4 is 0 Å². The average molecular weight is 253 g/mol. The normalized spacial score (nSPS) is 38.9. The van der Waals surface area contributed by atoms with Gasteiger partial charge in [0.05, 0.1) is 6.10 Å². The third-order valence-electron chi connectivity index (χ3n) is 4.67. The van der Waals surface area contributed by atoms with Crippen LogP contribution in [0.1, 0.15) is 39.5 Å². The SMILES string of the molecule is COC1CCCN(CC2C(=O)CC(C)CC2C)C1. The maximum Gasteiger partial charge on any atom is 0.137 e. The monoisotopic (exact) mass is 253 g/mol. The Labute approximate surface area is 111 Å². The first kappa shape index (κ1) is 14.0. The molecule has 1 aliphatic carbocycles. The number of Topliss-reactive ketones (excluding diaryl/α,β-unsaturated/α-hetero) is 1. The lowest BCUT2D eigenvalue weighted by Crippen LogP contribution is -2.45. The average Bonchev–Trinajstić information content (AvgIpc) is 2.34. The quantitative estimate of drug-likeness (QED) is 0.773. The molecule has 0 amide bonds. The number of hydrogen-bond acceptors (Lipinski definition) is 3. The van der Waals surface area contributed by atoms with Gasteiger partial charge in [-0.25, -0.2) is 0 Å². The Morgan fingerprint density at radius 3 is 2.83 bits per heavy atom. The van der Waals surface area contributed by atoms with Gasteiger partial charge in [-0.1, -0.05) is 13.8 Å². The molecule has 1 aliphatic heterocycles. The fraction of sp³-hybridized carbons (Fsp3) is 0.933. The third-order valence-corrected chi connectivity index (χ3v) is 4.67. The number of piperidine rings is 1. The fourth-order valence-electron chi connectivity index (χ4n) is 3.63. The van der Waals surface area contributed by atoms with Crippen LogP contribution in [0.2, 0.25) is 0 Å². The van der Waals surface area contributed by atoms with Crippen molar-refractivity contribution in [1.29, 1.82) is 0 Å². The molecule has 3 heteroatoms. The lowest BCUT2D eigenvalue weighted by Gasteiger charge is -2.38. The van der Waals surface area contributed by atoms with Crippen LogP contribution in [0, 0.1) is 17.8 Å². The molecule has 0 radical (unpaired) electrons. The van der Waals surface area contributed by atoms with Gasteiger partial charge in [0.15, 0.2) is 0 Å². The third kappa shape index (κ3) is 3.33. The number of likely N-dealkylation sites (tertiary alicyclic amines) is 1. The largest absolute Gasteiger partial charge is 0.380 e. The van der Waals surface area contributed by atoms with Crippen LogP contribution in [0.5, 0.6) is 0 Å². The Hall–Kier alpha value is -0.410. The molecule has 0 aromatic rings. The molecule has 18 heavy (non-hydrogen) atoms. The summed E-state index contributed by atoms with van der Waals surface area (Å²) >= 11 is 0. The minimum atomic E-state index is 0.261. The van der Waals surface area contributed by atoms with Crippen molar-refractivity contribution >= 4 is 5.78 Å². The van der Waals surface area contributed by atoms with Gasteiger partial charge in [-0.05, 0) is 37.6 Å². The molecule has 2 rings (SSSR count). The highest BCUT2D eigenvalue weighted by Crippen LogP contribution is 2.32. The van der Waals surface area contributed by atoms with Crippen molar-refractivity contribution in [3.05, 3.63) is 0 Å². The number of carbonyl (C=O) groups excluding carboxylic acids is 1. The molecular formula is C15H27NO2. The number of rotatable bonds is 3. The first-order chi connectivity index (χ1) is 8.60. The maximum absolute atomic E-state index is 12.2. The van der Waals surface area contributed by atoms with Gasteiger partial charge in [-0.15, -0.1) is 0 Å². The molecule has 4 atom stereocenters. The minimum absolute atomic E-state index is 0.261. The van der Waals surface area contributed by atoms with Gasteiger partial charge in [0.25, 0.3) is 0 Å². The van der Waals surface area contributed by atoms with Gasteiger partial charge in [0, 0.05) is 32.5 Å². The summed E-state index contributed by atoms with van der Waals surface area (Å²) in [5.41, 5.74) is 0. The maximum atomic E-state index is 12.2. The number of ether oxygens (including phenoxy) is 1. The van der Waals surface area contributed by atoms with E-state index in [9.17, 15) is 4.79 Å². The lowest BCUT2D eigenvalue weighted by atomic mass is 9.74. The van der Waals surface area contributed by atoms with E-state index in [2.05, 4.69) is 18.7 Å². The molecule has 1 saturated carbocycles. The lowest BCUT2D eigenvalue weighted by molar-refractivity contribution is -0.129.